The third-order valence-electron chi connectivity index (χ3n) is 3.79. The van der Waals surface area contributed by atoms with Crippen LogP contribution in [0, 0.1) is 19.1 Å². The average molecular weight is 281 g/mol. The molecular formula is C15H23NO4. The van der Waals surface area contributed by atoms with Crippen LogP contribution < -0.4 is 9.47 Å². The zero-order valence-electron chi connectivity index (χ0n) is 12.5. The molecule has 2 rings (SSSR count). The first-order chi connectivity index (χ1) is 9.58. The van der Waals surface area contributed by atoms with E-state index in [0.717, 1.165) is 28.9 Å². The van der Waals surface area contributed by atoms with Crippen molar-refractivity contribution in [2.45, 2.75) is 45.8 Å². The van der Waals surface area contributed by atoms with Crippen molar-refractivity contribution in [3.05, 3.63) is 28.7 Å². The highest BCUT2D eigenvalue weighted by atomic mass is 16.7. The van der Waals surface area contributed by atoms with Gasteiger partial charge in [0.15, 0.2) is 17.7 Å². The van der Waals surface area contributed by atoms with Crippen LogP contribution in [-0.2, 0) is 9.47 Å². The fraction of sp³-hybridized carbons (Fsp3) is 0.667. The average Bonchev–Trinajstić information content (AvgIpc) is 2.88. The van der Waals surface area contributed by atoms with Crippen LogP contribution in [0.15, 0.2) is 12.3 Å². The standard InChI is InChI=1S/C15H23NO4/c1-4-6-15(19-10-11-20-15)7-9-18-14-5-8-16(17)13(3)12(14)2/h5,8H,4,6-7,9-11H2,1-3H3. The zero-order valence-corrected chi connectivity index (χ0v) is 12.5. The molecule has 1 aliphatic heterocycles. The Labute approximate surface area is 120 Å². The van der Waals surface area contributed by atoms with Gasteiger partial charge in [0.05, 0.1) is 25.4 Å². The molecule has 0 unspecified atom stereocenters. The Hall–Kier alpha value is -1.33. The van der Waals surface area contributed by atoms with Crippen LogP contribution in [0.4, 0.5) is 0 Å². The van der Waals surface area contributed by atoms with Crippen molar-refractivity contribution in [3.63, 3.8) is 0 Å². The number of aromatic nitrogens is 1. The first-order valence-electron chi connectivity index (χ1n) is 7.18. The topological polar surface area (TPSA) is 54.6 Å². The lowest BCUT2D eigenvalue weighted by atomic mass is 10.1. The molecule has 0 amide bonds. The van der Waals surface area contributed by atoms with Gasteiger partial charge in [0, 0.05) is 25.8 Å². The van der Waals surface area contributed by atoms with Gasteiger partial charge in [-0.05, 0) is 6.92 Å². The Bertz CT molecular complexity index is 455. The minimum atomic E-state index is -0.481. The Morgan fingerprint density at radius 1 is 1.30 bits per heavy atom. The lowest BCUT2D eigenvalue weighted by molar-refractivity contribution is -0.612. The maximum Gasteiger partial charge on any atom is 0.196 e. The SMILES string of the molecule is CCCC1(CCOc2cc[n+]([O-])c(C)c2C)OCCO1. The summed E-state index contributed by atoms with van der Waals surface area (Å²) in [4.78, 5) is 0. The molecule has 1 aromatic rings. The first kappa shape index (κ1) is 15.1. The van der Waals surface area contributed by atoms with Crippen LogP contribution >= 0.6 is 0 Å². The summed E-state index contributed by atoms with van der Waals surface area (Å²) in [5.74, 6) is 0.268. The van der Waals surface area contributed by atoms with Crippen molar-refractivity contribution in [3.8, 4) is 5.75 Å². The molecule has 0 aromatic carbocycles. The second kappa shape index (κ2) is 6.41. The maximum absolute atomic E-state index is 11.4. The number of rotatable bonds is 6. The number of ether oxygens (including phenoxy) is 3. The normalized spacial score (nSPS) is 17.4. The summed E-state index contributed by atoms with van der Waals surface area (Å²) in [5, 5.41) is 11.4. The van der Waals surface area contributed by atoms with Gasteiger partial charge in [-0.25, -0.2) is 0 Å². The molecule has 2 heterocycles. The predicted molar refractivity (Wildman–Crippen MR) is 74.5 cm³/mol. The Kier molecular flexibility index (Phi) is 4.83. The third-order valence-corrected chi connectivity index (χ3v) is 3.79. The van der Waals surface area contributed by atoms with Crippen molar-refractivity contribution in [2.75, 3.05) is 19.8 Å². The fourth-order valence-corrected chi connectivity index (χ4v) is 2.48. The summed E-state index contributed by atoms with van der Waals surface area (Å²) in [5.41, 5.74) is 1.54. The van der Waals surface area contributed by atoms with Crippen molar-refractivity contribution >= 4 is 0 Å². The summed E-state index contributed by atoms with van der Waals surface area (Å²) in [6, 6.07) is 1.71. The zero-order chi connectivity index (χ0) is 14.6. The molecule has 20 heavy (non-hydrogen) atoms. The van der Waals surface area contributed by atoms with Crippen LogP contribution in [0.5, 0.6) is 5.75 Å². The van der Waals surface area contributed by atoms with E-state index in [4.69, 9.17) is 14.2 Å². The van der Waals surface area contributed by atoms with Crippen molar-refractivity contribution in [1.82, 2.24) is 0 Å². The van der Waals surface area contributed by atoms with Crippen LogP contribution in [0.3, 0.4) is 0 Å². The van der Waals surface area contributed by atoms with Gasteiger partial charge in [-0.1, -0.05) is 13.3 Å². The molecule has 5 heteroatoms. The van der Waals surface area contributed by atoms with Gasteiger partial charge >= 0.3 is 0 Å². The van der Waals surface area contributed by atoms with E-state index in [9.17, 15) is 5.21 Å². The quantitative estimate of drug-likeness (QED) is 0.593. The first-order valence-corrected chi connectivity index (χ1v) is 7.18. The number of hydrogen-bond acceptors (Lipinski definition) is 4. The molecule has 112 valence electrons. The van der Waals surface area contributed by atoms with Crippen LogP contribution in [0.1, 0.15) is 37.4 Å². The molecule has 0 spiro atoms. The van der Waals surface area contributed by atoms with Gasteiger partial charge in [-0.3, -0.25) is 0 Å². The second-order valence-electron chi connectivity index (χ2n) is 5.17. The molecule has 1 aliphatic rings. The lowest BCUT2D eigenvalue weighted by Gasteiger charge is -2.27. The monoisotopic (exact) mass is 281 g/mol. The lowest BCUT2D eigenvalue weighted by Crippen LogP contribution is -2.32. The molecule has 0 bridgehead atoms. The fourth-order valence-electron chi connectivity index (χ4n) is 2.48. The van der Waals surface area contributed by atoms with E-state index in [0.29, 0.717) is 31.9 Å². The van der Waals surface area contributed by atoms with Gasteiger partial charge in [0.1, 0.15) is 5.75 Å². The van der Waals surface area contributed by atoms with Crippen molar-refractivity contribution < 1.29 is 18.9 Å². The summed E-state index contributed by atoms with van der Waals surface area (Å²) in [6.07, 6.45) is 4.07. The molecule has 0 atom stereocenters. The smallest absolute Gasteiger partial charge is 0.196 e. The molecular weight excluding hydrogens is 258 g/mol. The van der Waals surface area contributed by atoms with Crippen LogP contribution in [-0.4, -0.2) is 25.6 Å². The Morgan fingerprint density at radius 2 is 2.00 bits per heavy atom. The van der Waals surface area contributed by atoms with Gasteiger partial charge in [-0.2, -0.15) is 4.73 Å². The highest BCUT2D eigenvalue weighted by Crippen LogP contribution is 2.29. The molecule has 5 nitrogen and oxygen atoms in total. The van der Waals surface area contributed by atoms with Crippen LogP contribution in [0.25, 0.3) is 0 Å². The van der Waals surface area contributed by atoms with E-state index in [1.807, 2.05) is 6.92 Å². The van der Waals surface area contributed by atoms with Gasteiger partial charge in [-0.15, -0.1) is 0 Å². The second-order valence-corrected chi connectivity index (χ2v) is 5.17. The molecule has 1 saturated heterocycles. The van der Waals surface area contributed by atoms with Crippen molar-refractivity contribution in [1.29, 1.82) is 0 Å². The summed E-state index contributed by atoms with van der Waals surface area (Å²) >= 11 is 0. The molecule has 0 N–H and O–H groups in total. The molecule has 0 aliphatic carbocycles. The van der Waals surface area contributed by atoms with Gasteiger partial charge < -0.3 is 19.4 Å². The molecule has 1 aromatic heterocycles. The Morgan fingerprint density at radius 3 is 2.65 bits per heavy atom. The summed E-state index contributed by atoms with van der Waals surface area (Å²) in [6.45, 7) is 7.62. The molecule has 0 radical (unpaired) electrons. The van der Waals surface area contributed by atoms with Gasteiger partial charge in [0.2, 0.25) is 0 Å². The van der Waals surface area contributed by atoms with E-state index in [2.05, 4.69) is 6.92 Å². The van der Waals surface area contributed by atoms with Gasteiger partial charge in [0.25, 0.3) is 0 Å². The van der Waals surface area contributed by atoms with E-state index < -0.39 is 5.79 Å². The number of pyridine rings is 1. The summed E-state index contributed by atoms with van der Waals surface area (Å²) in [7, 11) is 0. The maximum atomic E-state index is 11.4. The number of hydrogen-bond donors (Lipinski definition) is 0. The van der Waals surface area contributed by atoms with E-state index >= 15 is 0 Å². The predicted octanol–water partition coefficient (Wildman–Crippen LogP) is 2.25. The molecule has 1 fully saturated rings. The third kappa shape index (κ3) is 3.22. The Balaban J connectivity index is 1.94. The minimum Gasteiger partial charge on any atom is -0.618 e. The largest absolute Gasteiger partial charge is 0.618 e. The van der Waals surface area contributed by atoms with Crippen LogP contribution in [0.2, 0.25) is 0 Å². The van der Waals surface area contributed by atoms with E-state index in [1.54, 1.807) is 13.0 Å². The molecule has 0 saturated carbocycles. The highest BCUT2D eigenvalue weighted by molar-refractivity contribution is 5.31. The van der Waals surface area contributed by atoms with E-state index in [-0.39, 0.29) is 0 Å². The minimum absolute atomic E-state index is 0.481. The highest BCUT2D eigenvalue weighted by Gasteiger charge is 2.35. The number of nitrogens with zero attached hydrogens (tertiary/aromatic N) is 1. The van der Waals surface area contributed by atoms with Crippen molar-refractivity contribution in [2.24, 2.45) is 0 Å². The summed E-state index contributed by atoms with van der Waals surface area (Å²) < 4.78 is 18.1. The van der Waals surface area contributed by atoms with E-state index in [1.165, 1.54) is 6.20 Å².